The number of pyridine rings is 1. The van der Waals surface area contributed by atoms with E-state index in [0.29, 0.717) is 5.82 Å². The van der Waals surface area contributed by atoms with Gasteiger partial charge in [0.15, 0.2) is 5.82 Å². The summed E-state index contributed by atoms with van der Waals surface area (Å²) in [6.45, 7) is 0. The normalized spacial score (nSPS) is 11.4. The molecule has 0 aliphatic rings. The van der Waals surface area contributed by atoms with Crippen molar-refractivity contribution in [1.82, 2.24) is 23.7 Å². The molecule has 0 aliphatic heterocycles. The molecule has 248 valence electrons. The van der Waals surface area contributed by atoms with Gasteiger partial charge in [-0.25, -0.2) is 15.0 Å². The van der Waals surface area contributed by atoms with Crippen molar-refractivity contribution in [2.24, 2.45) is 0 Å². The Balaban J connectivity index is 0.989. The molecule has 0 spiro atoms. The highest BCUT2D eigenvalue weighted by Gasteiger charge is 2.16. The molecule has 53 heavy (non-hydrogen) atoms. The molecule has 0 saturated carbocycles. The summed E-state index contributed by atoms with van der Waals surface area (Å²) in [5.41, 5.74) is 14.2. The van der Waals surface area contributed by atoms with Crippen LogP contribution in [0.2, 0.25) is 0 Å². The van der Waals surface area contributed by atoms with Crippen LogP contribution in [0.4, 0.5) is 0 Å². The molecule has 0 N–H and O–H groups in total. The van der Waals surface area contributed by atoms with Crippen LogP contribution in [0.5, 0.6) is 0 Å². The van der Waals surface area contributed by atoms with Crippen molar-refractivity contribution in [3.8, 4) is 67.4 Å². The summed E-state index contributed by atoms with van der Waals surface area (Å²) in [5, 5.41) is 3.27. The maximum Gasteiger partial charge on any atom is 0.160 e. The van der Waals surface area contributed by atoms with Crippen LogP contribution in [-0.4, -0.2) is 23.7 Å². The number of fused-ring (bicyclic) bond motifs is 5. The molecule has 3 heterocycles. The van der Waals surface area contributed by atoms with E-state index >= 15 is 0 Å². The van der Waals surface area contributed by atoms with E-state index < -0.39 is 0 Å². The Morgan fingerprint density at radius 3 is 1.51 bits per heavy atom. The van der Waals surface area contributed by atoms with Gasteiger partial charge in [-0.05, 0) is 46.5 Å². The predicted octanol–water partition coefficient (Wildman–Crippen LogP) is 12.2. The molecular formula is C47H29N5S. The molecule has 0 amide bonds. The lowest BCUT2D eigenvalue weighted by Crippen LogP contribution is -1.96. The van der Waals surface area contributed by atoms with Crippen molar-refractivity contribution in [1.29, 1.82) is 0 Å². The largest absolute Gasteiger partial charge is 0.247 e. The molecule has 0 saturated heterocycles. The third-order valence-corrected chi connectivity index (χ3v) is 10.3. The summed E-state index contributed by atoms with van der Waals surface area (Å²) in [6.07, 6.45) is 0. The molecule has 0 aliphatic carbocycles. The molecular weight excluding hydrogens is 667 g/mol. The van der Waals surface area contributed by atoms with Gasteiger partial charge in [0.25, 0.3) is 0 Å². The maximum atomic E-state index is 5.13. The molecule has 0 atom stereocenters. The molecule has 0 unspecified atom stereocenters. The smallest absolute Gasteiger partial charge is 0.160 e. The number of rotatable bonds is 6. The van der Waals surface area contributed by atoms with Crippen LogP contribution in [0.15, 0.2) is 176 Å². The van der Waals surface area contributed by atoms with E-state index in [-0.39, 0.29) is 0 Å². The predicted molar refractivity (Wildman–Crippen MR) is 218 cm³/mol. The number of benzene rings is 7. The van der Waals surface area contributed by atoms with Crippen LogP contribution in [0.1, 0.15) is 0 Å². The van der Waals surface area contributed by atoms with Crippen molar-refractivity contribution in [3.63, 3.8) is 0 Å². The Morgan fingerprint density at radius 2 is 0.849 bits per heavy atom. The number of aromatic nitrogens is 5. The molecule has 7 aromatic carbocycles. The SMILES string of the molecule is c1ccc(-c2ccc(-c3nc(-c4ccccc4)cc(-c4ccc(-c5ccc(-c6nc7ccccc7c7c6ccc6nsnc67)cc5)cc4)n3)cc2)cc1. The Morgan fingerprint density at radius 1 is 0.340 bits per heavy atom. The van der Waals surface area contributed by atoms with Gasteiger partial charge in [0.2, 0.25) is 0 Å². The van der Waals surface area contributed by atoms with Crippen LogP contribution in [0, 0.1) is 0 Å². The molecule has 10 aromatic rings. The highest BCUT2D eigenvalue weighted by atomic mass is 32.1. The number of hydrogen-bond donors (Lipinski definition) is 0. The Bertz CT molecular complexity index is 2900. The van der Waals surface area contributed by atoms with Gasteiger partial charge in [-0.2, -0.15) is 8.75 Å². The van der Waals surface area contributed by atoms with E-state index in [2.05, 4.69) is 148 Å². The van der Waals surface area contributed by atoms with Gasteiger partial charge in [0.05, 0.1) is 34.3 Å². The lowest BCUT2D eigenvalue weighted by Gasteiger charge is -2.12. The molecule has 10 rings (SSSR count). The molecule has 6 heteroatoms. The average Bonchev–Trinajstić information content (AvgIpc) is 3.74. The second-order valence-electron chi connectivity index (χ2n) is 13.0. The molecule has 0 radical (unpaired) electrons. The first-order valence-corrected chi connectivity index (χ1v) is 18.2. The van der Waals surface area contributed by atoms with Crippen LogP contribution < -0.4 is 0 Å². The summed E-state index contributed by atoms with van der Waals surface area (Å²) < 4.78 is 9.16. The van der Waals surface area contributed by atoms with Gasteiger partial charge >= 0.3 is 0 Å². The second-order valence-corrected chi connectivity index (χ2v) is 13.6. The quantitative estimate of drug-likeness (QED) is 0.162. The van der Waals surface area contributed by atoms with Gasteiger partial charge < -0.3 is 0 Å². The van der Waals surface area contributed by atoms with Crippen LogP contribution in [0.3, 0.4) is 0 Å². The number of hydrogen-bond acceptors (Lipinski definition) is 6. The third-order valence-electron chi connectivity index (χ3n) is 9.81. The van der Waals surface area contributed by atoms with E-state index in [9.17, 15) is 0 Å². The molecule has 3 aromatic heterocycles. The zero-order chi connectivity index (χ0) is 35.1. The van der Waals surface area contributed by atoms with Crippen molar-refractivity contribution >= 4 is 44.4 Å². The Hall–Kier alpha value is -6.89. The van der Waals surface area contributed by atoms with Crippen molar-refractivity contribution in [2.45, 2.75) is 0 Å². The van der Waals surface area contributed by atoms with Crippen molar-refractivity contribution < 1.29 is 0 Å². The van der Waals surface area contributed by atoms with Gasteiger partial charge in [-0.15, -0.1) is 0 Å². The standard InChI is InChI=1S/C47H29N5S/c1-3-9-30(10-4-1)31-19-25-37(26-20-31)47-49-42(34-11-5-2-6-12-34)29-43(50-47)35-21-15-32(16-22-35)33-17-23-36(24-18-33)45-39-27-28-41-46(52-53-51-41)44(39)38-13-7-8-14-40(38)48-45/h1-29H. The fraction of sp³-hybridized carbons (Fsp3) is 0. The second kappa shape index (κ2) is 13.0. The first-order valence-electron chi connectivity index (χ1n) is 17.5. The minimum absolute atomic E-state index is 0.697. The summed E-state index contributed by atoms with van der Waals surface area (Å²) in [4.78, 5) is 15.2. The zero-order valence-corrected chi connectivity index (χ0v) is 29.2. The van der Waals surface area contributed by atoms with Crippen molar-refractivity contribution in [2.75, 3.05) is 0 Å². The van der Waals surface area contributed by atoms with Gasteiger partial charge in [-0.3, -0.25) is 0 Å². The fourth-order valence-corrected chi connectivity index (χ4v) is 7.62. The monoisotopic (exact) mass is 695 g/mol. The van der Waals surface area contributed by atoms with Gasteiger partial charge in [0, 0.05) is 38.4 Å². The lowest BCUT2D eigenvalue weighted by molar-refractivity contribution is 1.18. The van der Waals surface area contributed by atoms with Crippen LogP contribution in [-0.2, 0) is 0 Å². The van der Waals surface area contributed by atoms with E-state index in [1.165, 1.54) is 17.3 Å². The van der Waals surface area contributed by atoms with Crippen molar-refractivity contribution in [3.05, 3.63) is 176 Å². The summed E-state index contributed by atoms with van der Waals surface area (Å²) in [6, 6.07) is 61.0. The van der Waals surface area contributed by atoms with E-state index in [4.69, 9.17) is 15.0 Å². The average molecular weight is 696 g/mol. The van der Waals surface area contributed by atoms with E-state index in [1.807, 2.05) is 36.4 Å². The van der Waals surface area contributed by atoms with Gasteiger partial charge in [0.1, 0.15) is 11.0 Å². The number of para-hydroxylation sites is 1. The summed E-state index contributed by atoms with van der Waals surface area (Å²) in [7, 11) is 0. The summed E-state index contributed by atoms with van der Waals surface area (Å²) in [5.74, 6) is 0.697. The highest BCUT2D eigenvalue weighted by molar-refractivity contribution is 7.00. The summed E-state index contributed by atoms with van der Waals surface area (Å²) >= 11 is 1.25. The Labute approximate surface area is 310 Å². The zero-order valence-electron chi connectivity index (χ0n) is 28.4. The van der Waals surface area contributed by atoms with E-state index in [0.717, 1.165) is 88.7 Å². The molecule has 0 fully saturated rings. The van der Waals surface area contributed by atoms with Crippen LogP contribution in [0.25, 0.3) is 100 Å². The first kappa shape index (κ1) is 30.9. The van der Waals surface area contributed by atoms with Gasteiger partial charge in [-0.1, -0.05) is 152 Å². The molecule has 0 bridgehead atoms. The minimum Gasteiger partial charge on any atom is -0.247 e. The topological polar surface area (TPSA) is 64.5 Å². The molecule has 5 nitrogen and oxygen atoms in total. The maximum absolute atomic E-state index is 5.13. The fourth-order valence-electron chi connectivity index (χ4n) is 7.08. The first-order chi connectivity index (χ1) is 26.2. The van der Waals surface area contributed by atoms with Crippen LogP contribution >= 0.6 is 11.7 Å². The third kappa shape index (κ3) is 5.72. The highest BCUT2D eigenvalue weighted by Crippen LogP contribution is 2.37. The minimum atomic E-state index is 0.697. The van der Waals surface area contributed by atoms with E-state index in [1.54, 1.807) is 0 Å². The Kier molecular flexibility index (Phi) is 7.59. The lowest BCUT2D eigenvalue weighted by atomic mass is 9.97. The number of nitrogens with zero attached hydrogens (tertiary/aromatic N) is 5.